The molecule has 1 aromatic carbocycles. The number of nitrogens with one attached hydrogen (secondary N) is 1. The van der Waals surface area contributed by atoms with Crippen LogP contribution >= 0.6 is 11.6 Å². The van der Waals surface area contributed by atoms with Crippen molar-refractivity contribution in [2.24, 2.45) is 0 Å². The maximum absolute atomic E-state index is 12.1. The number of carbonyl (C=O) groups excluding carboxylic acids is 1. The second-order valence-electron chi connectivity index (χ2n) is 4.24. The third-order valence-corrected chi connectivity index (χ3v) is 2.79. The fraction of sp³-hybridized carbons (Fsp3) is 0.200. The molecular formula is C15H13ClN2O3. The van der Waals surface area contributed by atoms with Crippen molar-refractivity contribution in [2.75, 3.05) is 11.9 Å². The lowest BCUT2D eigenvalue weighted by molar-refractivity contribution is 0.101. The number of benzene rings is 1. The van der Waals surface area contributed by atoms with Crippen molar-refractivity contribution in [2.45, 2.75) is 13.3 Å². The van der Waals surface area contributed by atoms with Gasteiger partial charge in [-0.15, -0.1) is 0 Å². The average Bonchev–Trinajstić information content (AvgIpc) is 2.88. The Labute approximate surface area is 126 Å². The van der Waals surface area contributed by atoms with Crippen LogP contribution in [0.25, 0.3) is 0 Å². The van der Waals surface area contributed by atoms with Gasteiger partial charge >= 0.3 is 0 Å². The van der Waals surface area contributed by atoms with E-state index >= 15 is 0 Å². The Morgan fingerprint density at radius 1 is 1.48 bits per heavy atom. The molecule has 2 aromatic rings. The number of hydrogen-bond acceptors (Lipinski definition) is 4. The number of rotatable bonds is 3. The zero-order valence-electron chi connectivity index (χ0n) is 11.3. The highest BCUT2D eigenvalue weighted by molar-refractivity contribution is 6.31. The molecule has 0 bridgehead atoms. The van der Waals surface area contributed by atoms with Crippen LogP contribution < -0.4 is 5.32 Å². The van der Waals surface area contributed by atoms with E-state index in [0.29, 0.717) is 28.5 Å². The summed E-state index contributed by atoms with van der Waals surface area (Å²) in [6.45, 7) is 1.69. The SMILES string of the molecule is Cc1cc(C(=O)Nc2cc(Cl)ccc2C#CCCO)no1. The number of anilines is 1. The fourth-order valence-electron chi connectivity index (χ4n) is 1.60. The predicted molar refractivity (Wildman–Crippen MR) is 79.2 cm³/mol. The highest BCUT2D eigenvalue weighted by Gasteiger charge is 2.13. The molecule has 0 unspecified atom stereocenters. The zero-order chi connectivity index (χ0) is 15.2. The summed E-state index contributed by atoms with van der Waals surface area (Å²) in [4.78, 5) is 12.1. The fourth-order valence-corrected chi connectivity index (χ4v) is 1.77. The number of amides is 1. The van der Waals surface area contributed by atoms with Crippen molar-refractivity contribution in [1.82, 2.24) is 5.16 Å². The first-order valence-electron chi connectivity index (χ1n) is 6.24. The largest absolute Gasteiger partial charge is 0.395 e. The van der Waals surface area contributed by atoms with Gasteiger partial charge in [0.05, 0.1) is 12.3 Å². The molecule has 108 valence electrons. The Morgan fingerprint density at radius 2 is 2.29 bits per heavy atom. The standard InChI is InChI=1S/C15H13ClN2O3/c1-10-8-14(18-21-10)15(20)17-13-9-12(16)6-5-11(13)4-2-3-7-19/h5-6,8-9,19H,3,7H2,1H3,(H,17,20). The third-order valence-electron chi connectivity index (χ3n) is 2.55. The van der Waals surface area contributed by atoms with Gasteiger partial charge < -0.3 is 14.9 Å². The normalized spacial score (nSPS) is 9.86. The number of aliphatic hydroxyl groups is 1. The summed E-state index contributed by atoms with van der Waals surface area (Å²) >= 11 is 5.94. The maximum atomic E-state index is 12.1. The Kier molecular flexibility index (Phi) is 4.99. The molecule has 1 heterocycles. The summed E-state index contributed by atoms with van der Waals surface area (Å²) in [6, 6.07) is 6.53. The molecule has 0 fully saturated rings. The molecule has 1 aromatic heterocycles. The van der Waals surface area contributed by atoms with Crippen LogP contribution in [0.5, 0.6) is 0 Å². The van der Waals surface area contributed by atoms with Crippen LogP contribution in [0.3, 0.4) is 0 Å². The van der Waals surface area contributed by atoms with Crippen molar-refractivity contribution in [3.8, 4) is 11.8 Å². The minimum atomic E-state index is -0.403. The van der Waals surface area contributed by atoms with Crippen LogP contribution in [-0.4, -0.2) is 22.8 Å². The van der Waals surface area contributed by atoms with Gasteiger partial charge in [-0.3, -0.25) is 4.79 Å². The molecule has 0 saturated carbocycles. The molecule has 2 rings (SSSR count). The minimum absolute atomic E-state index is 0.0134. The maximum Gasteiger partial charge on any atom is 0.277 e. The Balaban J connectivity index is 2.24. The predicted octanol–water partition coefficient (Wildman–Crippen LogP) is 2.62. The van der Waals surface area contributed by atoms with Crippen LogP contribution in [0.15, 0.2) is 28.8 Å². The number of halogens is 1. The van der Waals surface area contributed by atoms with E-state index in [1.165, 1.54) is 6.07 Å². The van der Waals surface area contributed by atoms with Gasteiger partial charge in [0.1, 0.15) is 5.76 Å². The Bertz CT molecular complexity index is 713. The number of nitrogens with zero attached hydrogens (tertiary/aromatic N) is 1. The molecule has 0 aliphatic rings. The summed E-state index contributed by atoms with van der Waals surface area (Å²) in [5.74, 6) is 5.82. The number of hydrogen-bond donors (Lipinski definition) is 2. The summed E-state index contributed by atoms with van der Waals surface area (Å²) in [7, 11) is 0. The van der Waals surface area contributed by atoms with Gasteiger partial charge in [-0.1, -0.05) is 28.6 Å². The number of aliphatic hydroxyl groups excluding tert-OH is 1. The topological polar surface area (TPSA) is 75.4 Å². The lowest BCUT2D eigenvalue weighted by Gasteiger charge is -2.06. The number of aromatic nitrogens is 1. The van der Waals surface area contributed by atoms with Crippen LogP contribution in [-0.2, 0) is 0 Å². The molecule has 0 aliphatic carbocycles. The first-order valence-corrected chi connectivity index (χ1v) is 6.62. The van der Waals surface area contributed by atoms with Gasteiger partial charge in [-0.2, -0.15) is 0 Å². The van der Waals surface area contributed by atoms with E-state index in [2.05, 4.69) is 22.3 Å². The zero-order valence-corrected chi connectivity index (χ0v) is 12.1. The van der Waals surface area contributed by atoms with Crippen molar-refractivity contribution >= 4 is 23.2 Å². The highest BCUT2D eigenvalue weighted by Crippen LogP contribution is 2.21. The summed E-state index contributed by atoms with van der Waals surface area (Å²) in [6.07, 6.45) is 0.360. The molecule has 6 heteroatoms. The molecule has 0 radical (unpaired) electrons. The summed E-state index contributed by atoms with van der Waals surface area (Å²) in [5, 5.41) is 15.6. The molecule has 0 aliphatic heterocycles. The van der Waals surface area contributed by atoms with E-state index in [0.717, 1.165) is 0 Å². The van der Waals surface area contributed by atoms with Crippen LogP contribution in [0, 0.1) is 18.8 Å². The molecule has 0 spiro atoms. The van der Waals surface area contributed by atoms with Gasteiger partial charge in [0.15, 0.2) is 5.69 Å². The smallest absolute Gasteiger partial charge is 0.277 e. The molecule has 5 nitrogen and oxygen atoms in total. The number of aryl methyl sites for hydroxylation is 1. The second kappa shape index (κ2) is 6.93. The summed E-state index contributed by atoms with van der Waals surface area (Å²) in [5.41, 5.74) is 1.28. The van der Waals surface area contributed by atoms with Crippen LogP contribution in [0.4, 0.5) is 5.69 Å². The highest BCUT2D eigenvalue weighted by atomic mass is 35.5. The van der Waals surface area contributed by atoms with Gasteiger partial charge in [-0.25, -0.2) is 0 Å². The van der Waals surface area contributed by atoms with Crippen molar-refractivity contribution in [3.63, 3.8) is 0 Å². The molecule has 2 N–H and O–H groups in total. The molecular weight excluding hydrogens is 292 g/mol. The van der Waals surface area contributed by atoms with E-state index in [9.17, 15) is 4.79 Å². The van der Waals surface area contributed by atoms with Gasteiger partial charge in [0.25, 0.3) is 5.91 Å². The van der Waals surface area contributed by atoms with Gasteiger partial charge in [0.2, 0.25) is 0 Å². The number of carbonyl (C=O) groups is 1. The molecule has 0 saturated heterocycles. The van der Waals surface area contributed by atoms with Gasteiger partial charge in [0, 0.05) is 23.1 Å². The van der Waals surface area contributed by atoms with E-state index in [-0.39, 0.29) is 12.3 Å². The first-order chi connectivity index (χ1) is 10.1. The quantitative estimate of drug-likeness (QED) is 0.855. The van der Waals surface area contributed by atoms with E-state index < -0.39 is 5.91 Å². The van der Waals surface area contributed by atoms with Crippen molar-refractivity contribution in [3.05, 3.63) is 46.3 Å². The lowest BCUT2D eigenvalue weighted by Crippen LogP contribution is -2.13. The lowest BCUT2D eigenvalue weighted by atomic mass is 10.1. The third kappa shape index (κ3) is 4.09. The second-order valence-corrected chi connectivity index (χ2v) is 4.68. The van der Waals surface area contributed by atoms with Gasteiger partial charge in [-0.05, 0) is 25.1 Å². The van der Waals surface area contributed by atoms with E-state index in [1.54, 1.807) is 25.1 Å². The van der Waals surface area contributed by atoms with Crippen LogP contribution in [0.1, 0.15) is 28.2 Å². The first kappa shape index (κ1) is 15.1. The summed E-state index contributed by atoms with van der Waals surface area (Å²) < 4.78 is 4.86. The van der Waals surface area contributed by atoms with Crippen LogP contribution in [0.2, 0.25) is 5.02 Å². The minimum Gasteiger partial charge on any atom is -0.395 e. The van der Waals surface area contributed by atoms with E-state index in [1.807, 2.05) is 0 Å². The average molecular weight is 305 g/mol. The van der Waals surface area contributed by atoms with Crippen molar-refractivity contribution in [1.29, 1.82) is 0 Å². The Hall–Kier alpha value is -2.29. The molecule has 0 atom stereocenters. The molecule has 21 heavy (non-hydrogen) atoms. The van der Waals surface area contributed by atoms with E-state index in [4.69, 9.17) is 21.2 Å². The molecule has 1 amide bonds. The Morgan fingerprint density at radius 3 is 2.95 bits per heavy atom. The monoisotopic (exact) mass is 304 g/mol. The van der Waals surface area contributed by atoms with Crippen molar-refractivity contribution < 1.29 is 14.4 Å².